The lowest BCUT2D eigenvalue weighted by atomic mass is 9.95. The van der Waals surface area contributed by atoms with Crippen LogP contribution in [0.4, 0.5) is 5.95 Å². The Bertz CT molecular complexity index is 916. The molecule has 24 heavy (non-hydrogen) atoms. The van der Waals surface area contributed by atoms with Crippen LogP contribution >= 0.6 is 11.3 Å². The number of aromatic nitrogens is 2. The van der Waals surface area contributed by atoms with E-state index in [-0.39, 0.29) is 12.5 Å². The molecule has 6 nitrogen and oxygen atoms in total. The number of nitrogens with one attached hydrogen (secondary N) is 1. The first-order valence-corrected chi connectivity index (χ1v) is 8.56. The first kappa shape index (κ1) is 14.9. The Morgan fingerprint density at radius 1 is 1.33 bits per heavy atom. The first-order chi connectivity index (χ1) is 11.7. The topological polar surface area (TPSA) is 73.2 Å². The van der Waals surface area contributed by atoms with Crippen molar-refractivity contribution < 1.29 is 14.3 Å². The van der Waals surface area contributed by atoms with Crippen LogP contribution < -0.4 is 5.32 Å². The van der Waals surface area contributed by atoms with E-state index < -0.39 is 17.9 Å². The van der Waals surface area contributed by atoms with E-state index in [1.54, 1.807) is 6.92 Å². The number of esters is 1. The van der Waals surface area contributed by atoms with Crippen LogP contribution in [0.25, 0.3) is 11.0 Å². The third-order valence-corrected chi connectivity index (χ3v) is 5.03. The quantitative estimate of drug-likeness (QED) is 0.587. The van der Waals surface area contributed by atoms with Gasteiger partial charge in [0.05, 0.1) is 23.7 Å². The monoisotopic (exact) mass is 341 g/mol. The van der Waals surface area contributed by atoms with E-state index in [0.717, 1.165) is 15.9 Å². The molecule has 0 radical (unpaired) electrons. The number of hydrogen-bond acceptors (Lipinski definition) is 5. The fourth-order valence-corrected chi connectivity index (χ4v) is 3.97. The van der Waals surface area contributed by atoms with Gasteiger partial charge in [0.25, 0.3) is 0 Å². The van der Waals surface area contributed by atoms with Crippen LogP contribution in [0.15, 0.2) is 41.8 Å². The first-order valence-electron chi connectivity index (χ1n) is 7.68. The van der Waals surface area contributed by atoms with Crippen LogP contribution in [0.5, 0.6) is 0 Å². The molecule has 4 rings (SSSR count). The number of hydrogen-bond donors (Lipinski definition) is 1. The molecule has 0 spiro atoms. The second kappa shape index (κ2) is 5.76. The minimum atomic E-state index is -0.936. The third kappa shape index (κ3) is 2.20. The van der Waals surface area contributed by atoms with E-state index in [9.17, 15) is 9.59 Å². The van der Waals surface area contributed by atoms with E-state index >= 15 is 0 Å². The Balaban J connectivity index is 1.95. The van der Waals surface area contributed by atoms with Crippen LogP contribution in [0.1, 0.15) is 17.8 Å². The summed E-state index contributed by atoms with van der Waals surface area (Å²) in [5.74, 6) is -1.37. The van der Waals surface area contributed by atoms with Crippen molar-refractivity contribution in [3.8, 4) is 0 Å². The molecule has 0 saturated carbocycles. The van der Waals surface area contributed by atoms with Crippen LogP contribution in [0.3, 0.4) is 0 Å². The summed E-state index contributed by atoms with van der Waals surface area (Å²) in [5, 5.41) is 4.68. The van der Waals surface area contributed by atoms with Gasteiger partial charge in [0.1, 0.15) is 0 Å². The molecule has 0 saturated heterocycles. The molecule has 1 aliphatic heterocycles. The molecule has 0 fully saturated rings. The van der Waals surface area contributed by atoms with Crippen LogP contribution in [-0.4, -0.2) is 28.0 Å². The maximum absolute atomic E-state index is 12.6. The Labute approximate surface area is 142 Å². The number of carbonyl (C=O) groups excluding carboxylic acids is 2. The Hall–Kier alpha value is -2.67. The zero-order chi connectivity index (χ0) is 16.7. The van der Waals surface area contributed by atoms with Gasteiger partial charge in [-0.3, -0.25) is 14.9 Å². The van der Waals surface area contributed by atoms with Crippen molar-refractivity contribution in [2.75, 3.05) is 11.9 Å². The standard InChI is InChI=1S/C17H15N3O3S/c1-2-23-16(22)13-14(12-8-5-9-24-12)20-11-7-4-3-6-10(11)18-17(20)19-15(13)21/h3-9,13-14H,2H2,1H3,(H,18,19,21)/t13-,14-/m0/s1. The Morgan fingerprint density at radius 3 is 2.92 bits per heavy atom. The summed E-state index contributed by atoms with van der Waals surface area (Å²) in [4.78, 5) is 30.5. The van der Waals surface area contributed by atoms with Gasteiger partial charge >= 0.3 is 5.97 Å². The molecule has 1 aliphatic rings. The van der Waals surface area contributed by atoms with Gasteiger partial charge in [-0.15, -0.1) is 11.3 Å². The van der Waals surface area contributed by atoms with Crippen molar-refractivity contribution in [3.05, 3.63) is 46.7 Å². The van der Waals surface area contributed by atoms with Gasteiger partial charge in [-0.1, -0.05) is 18.2 Å². The Morgan fingerprint density at radius 2 is 2.17 bits per heavy atom. The lowest BCUT2D eigenvalue weighted by molar-refractivity contribution is -0.152. The summed E-state index contributed by atoms with van der Waals surface area (Å²) < 4.78 is 7.08. The number of rotatable bonds is 3. The number of nitrogens with zero attached hydrogens (tertiary/aromatic N) is 2. The predicted octanol–water partition coefficient (Wildman–Crippen LogP) is 2.82. The average Bonchev–Trinajstić information content (AvgIpc) is 3.21. The average molecular weight is 341 g/mol. The van der Waals surface area contributed by atoms with Crippen molar-refractivity contribution >= 4 is 40.2 Å². The van der Waals surface area contributed by atoms with Crippen molar-refractivity contribution in [1.82, 2.24) is 9.55 Å². The number of benzene rings is 1. The highest BCUT2D eigenvalue weighted by Crippen LogP contribution is 2.40. The number of imidazole rings is 1. The second-order valence-corrected chi connectivity index (χ2v) is 6.45. The minimum absolute atomic E-state index is 0.233. The van der Waals surface area contributed by atoms with Gasteiger partial charge in [-0.25, -0.2) is 4.98 Å². The van der Waals surface area contributed by atoms with Gasteiger partial charge in [-0.05, 0) is 30.5 Å². The van der Waals surface area contributed by atoms with Gasteiger partial charge < -0.3 is 9.30 Å². The number of anilines is 1. The van der Waals surface area contributed by atoms with E-state index in [4.69, 9.17) is 4.74 Å². The van der Waals surface area contributed by atoms with E-state index in [1.807, 2.05) is 46.3 Å². The summed E-state index contributed by atoms with van der Waals surface area (Å²) in [7, 11) is 0. The van der Waals surface area contributed by atoms with Crippen LogP contribution in [-0.2, 0) is 14.3 Å². The molecule has 7 heteroatoms. The van der Waals surface area contributed by atoms with E-state index in [1.165, 1.54) is 11.3 Å². The largest absolute Gasteiger partial charge is 0.465 e. The molecule has 1 aromatic carbocycles. The lowest BCUT2D eigenvalue weighted by Crippen LogP contribution is -2.43. The molecule has 3 heterocycles. The molecular weight excluding hydrogens is 326 g/mol. The molecule has 122 valence electrons. The van der Waals surface area contributed by atoms with Crippen molar-refractivity contribution in [3.63, 3.8) is 0 Å². The number of amides is 1. The smallest absolute Gasteiger partial charge is 0.321 e. The second-order valence-electron chi connectivity index (χ2n) is 5.47. The number of carbonyl (C=O) groups is 2. The van der Waals surface area contributed by atoms with E-state index in [0.29, 0.717) is 5.95 Å². The molecular formula is C17H15N3O3S. The third-order valence-electron chi connectivity index (χ3n) is 4.08. The van der Waals surface area contributed by atoms with Crippen molar-refractivity contribution in [2.45, 2.75) is 13.0 Å². The molecule has 1 N–H and O–H groups in total. The minimum Gasteiger partial charge on any atom is -0.465 e. The Kier molecular flexibility index (Phi) is 3.57. The summed E-state index contributed by atoms with van der Waals surface area (Å²) in [5.41, 5.74) is 1.65. The molecule has 0 bridgehead atoms. The highest BCUT2D eigenvalue weighted by atomic mass is 32.1. The van der Waals surface area contributed by atoms with Gasteiger partial charge in [0, 0.05) is 4.88 Å². The van der Waals surface area contributed by atoms with Crippen molar-refractivity contribution in [2.24, 2.45) is 5.92 Å². The highest BCUT2D eigenvalue weighted by molar-refractivity contribution is 7.10. The van der Waals surface area contributed by atoms with Crippen LogP contribution in [0, 0.1) is 5.92 Å². The molecule has 3 aromatic rings. The maximum Gasteiger partial charge on any atom is 0.321 e. The predicted molar refractivity (Wildman–Crippen MR) is 90.9 cm³/mol. The van der Waals surface area contributed by atoms with Gasteiger partial charge in [-0.2, -0.15) is 0 Å². The van der Waals surface area contributed by atoms with Gasteiger partial charge in [0.15, 0.2) is 5.92 Å². The molecule has 1 amide bonds. The zero-order valence-corrected chi connectivity index (χ0v) is 13.7. The zero-order valence-electron chi connectivity index (χ0n) is 12.9. The molecule has 0 unspecified atom stereocenters. The van der Waals surface area contributed by atoms with Crippen LogP contribution in [0.2, 0.25) is 0 Å². The summed E-state index contributed by atoms with van der Waals surface area (Å²) in [6.07, 6.45) is 0. The summed E-state index contributed by atoms with van der Waals surface area (Å²) in [6.45, 7) is 1.97. The molecule has 0 aliphatic carbocycles. The number of fused-ring (bicyclic) bond motifs is 3. The SMILES string of the molecule is CCOC(=O)[C@@H]1C(=O)Nc2nc3ccccc3n2[C@H]1c1cccs1. The fourth-order valence-electron chi connectivity index (χ4n) is 3.11. The summed E-state index contributed by atoms with van der Waals surface area (Å²) >= 11 is 1.51. The normalized spacial score (nSPS) is 19.8. The fraction of sp³-hybridized carbons (Fsp3) is 0.235. The molecule has 2 aromatic heterocycles. The maximum atomic E-state index is 12.6. The lowest BCUT2D eigenvalue weighted by Gasteiger charge is -2.31. The number of thiophene rings is 1. The number of ether oxygens (including phenoxy) is 1. The molecule has 2 atom stereocenters. The van der Waals surface area contributed by atoms with Crippen molar-refractivity contribution in [1.29, 1.82) is 0 Å². The highest BCUT2D eigenvalue weighted by Gasteiger charge is 2.44. The van der Waals surface area contributed by atoms with E-state index in [2.05, 4.69) is 10.3 Å². The van der Waals surface area contributed by atoms with Gasteiger partial charge in [0.2, 0.25) is 11.9 Å². The summed E-state index contributed by atoms with van der Waals surface area (Å²) in [6, 6.07) is 11.0. The number of para-hydroxylation sites is 2.